The van der Waals surface area contributed by atoms with Gasteiger partial charge in [0, 0.05) is 24.9 Å². The number of aryl methyl sites for hydroxylation is 2. The average molecular weight is 252 g/mol. The van der Waals surface area contributed by atoms with Gasteiger partial charge in [0.25, 0.3) is 0 Å². The SMILES string of the molecule is CC1OC(C)C(C(O)CCc2ccnn2C)C1C. The highest BCUT2D eigenvalue weighted by Gasteiger charge is 2.40. The minimum atomic E-state index is -0.296. The summed E-state index contributed by atoms with van der Waals surface area (Å²) in [7, 11) is 1.94. The number of aliphatic hydroxyl groups excluding tert-OH is 1. The molecule has 5 atom stereocenters. The van der Waals surface area contributed by atoms with Crippen LogP contribution in [0, 0.1) is 11.8 Å². The van der Waals surface area contributed by atoms with Crippen molar-refractivity contribution in [2.75, 3.05) is 0 Å². The lowest BCUT2D eigenvalue weighted by Crippen LogP contribution is -2.31. The maximum Gasteiger partial charge on any atom is 0.0607 e. The lowest BCUT2D eigenvalue weighted by atomic mass is 9.83. The third-order valence-corrected chi connectivity index (χ3v) is 4.38. The van der Waals surface area contributed by atoms with Crippen molar-refractivity contribution in [3.63, 3.8) is 0 Å². The van der Waals surface area contributed by atoms with Crippen molar-refractivity contribution < 1.29 is 9.84 Å². The summed E-state index contributed by atoms with van der Waals surface area (Å²) < 4.78 is 7.66. The molecule has 2 rings (SSSR count). The fraction of sp³-hybridized carbons (Fsp3) is 0.786. The van der Waals surface area contributed by atoms with Gasteiger partial charge < -0.3 is 9.84 Å². The molecule has 0 amide bonds. The first-order valence-electron chi connectivity index (χ1n) is 6.81. The molecule has 0 radical (unpaired) electrons. The van der Waals surface area contributed by atoms with Crippen LogP contribution in [0.4, 0.5) is 0 Å². The highest BCUT2D eigenvalue weighted by molar-refractivity contribution is 5.01. The van der Waals surface area contributed by atoms with Crippen molar-refractivity contribution in [3.05, 3.63) is 18.0 Å². The molecular formula is C14H24N2O2. The molecule has 0 aromatic carbocycles. The number of hydrogen-bond donors (Lipinski definition) is 1. The summed E-state index contributed by atoms with van der Waals surface area (Å²) in [5, 5.41) is 14.5. The zero-order valence-corrected chi connectivity index (χ0v) is 11.7. The van der Waals surface area contributed by atoms with Crippen molar-refractivity contribution in [2.24, 2.45) is 18.9 Å². The Bertz CT molecular complexity index is 391. The number of aliphatic hydroxyl groups is 1. The van der Waals surface area contributed by atoms with Gasteiger partial charge in [0.1, 0.15) is 0 Å². The van der Waals surface area contributed by atoms with E-state index in [-0.39, 0.29) is 24.2 Å². The Balaban J connectivity index is 1.92. The van der Waals surface area contributed by atoms with E-state index in [1.807, 2.05) is 17.8 Å². The second kappa shape index (κ2) is 5.41. The normalized spacial score (nSPS) is 33.8. The van der Waals surface area contributed by atoms with Gasteiger partial charge in [0.2, 0.25) is 0 Å². The van der Waals surface area contributed by atoms with Crippen molar-refractivity contribution in [3.8, 4) is 0 Å². The Morgan fingerprint density at radius 1 is 1.39 bits per heavy atom. The lowest BCUT2D eigenvalue weighted by Gasteiger charge is -2.24. The number of rotatable bonds is 4. The van der Waals surface area contributed by atoms with Crippen LogP contribution in [0.5, 0.6) is 0 Å². The molecule has 5 unspecified atom stereocenters. The van der Waals surface area contributed by atoms with E-state index in [1.165, 1.54) is 5.69 Å². The van der Waals surface area contributed by atoms with Gasteiger partial charge in [-0.25, -0.2) is 0 Å². The van der Waals surface area contributed by atoms with Gasteiger partial charge in [-0.3, -0.25) is 4.68 Å². The van der Waals surface area contributed by atoms with Crippen LogP contribution < -0.4 is 0 Å². The molecule has 1 aromatic heterocycles. The fourth-order valence-corrected chi connectivity index (χ4v) is 3.09. The quantitative estimate of drug-likeness (QED) is 0.888. The van der Waals surface area contributed by atoms with E-state index in [9.17, 15) is 5.11 Å². The van der Waals surface area contributed by atoms with E-state index in [0.717, 1.165) is 12.8 Å². The fourth-order valence-electron chi connectivity index (χ4n) is 3.09. The largest absolute Gasteiger partial charge is 0.393 e. The minimum absolute atomic E-state index is 0.150. The van der Waals surface area contributed by atoms with Crippen LogP contribution in [0.2, 0.25) is 0 Å². The Kier molecular flexibility index (Phi) is 4.07. The highest BCUT2D eigenvalue weighted by Crippen LogP contribution is 2.35. The molecule has 1 fully saturated rings. The van der Waals surface area contributed by atoms with Crippen LogP contribution in [0.1, 0.15) is 32.9 Å². The van der Waals surface area contributed by atoms with E-state index in [2.05, 4.69) is 25.9 Å². The minimum Gasteiger partial charge on any atom is -0.393 e. The van der Waals surface area contributed by atoms with E-state index in [1.54, 1.807) is 6.20 Å². The maximum atomic E-state index is 10.4. The molecule has 4 nitrogen and oxygen atoms in total. The van der Waals surface area contributed by atoms with Crippen LogP contribution in [-0.2, 0) is 18.2 Å². The standard InChI is InChI=1S/C14H24N2O2/c1-9-10(2)18-11(3)14(9)13(17)6-5-12-7-8-15-16(12)4/h7-11,13-14,17H,5-6H2,1-4H3. The van der Waals surface area contributed by atoms with Crippen molar-refractivity contribution >= 4 is 0 Å². The molecule has 1 aliphatic rings. The van der Waals surface area contributed by atoms with Crippen molar-refractivity contribution in [1.29, 1.82) is 0 Å². The Morgan fingerprint density at radius 2 is 2.11 bits per heavy atom. The zero-order valence-electron chi connectivity index (χ0n) is 11.7. The summed E-state index contributed by atoms with van der Waals surface area (Å²) in [6.07, 6.45) is 3.53. The molecule has 2 heterocycles. The van der Waals surface area contributed by atoms with Crippen molar-refractivity contribution in [2.45, 2.75) is 51.9 Å². The first-order chi connectivity index (χ1) is 8.50. The van der Waals surface area contributed by atoms with E-state index >= 15 is 0 Å². The van der Waals surface area contributed by atoms with Gasteiger partial charge in [-0.1, -0.05) is 6.92 Å². The predicted molar refractivity (Wildman–Crippen MR) is 70.2 cm³/mol. The molecule has 1 aromatic rings. The molecule has 1 saturated heterocycles. The number of nitrogens with zero attached hydrogens (tertiary/aromatic N) is 2. The zero-order chi connectivity index (χ0) is 13.3. The summed E-state index contributed by atoms with van der Waals surface area (Å²) in [6.45, 7) is 6.33. The highest BCUT2D eigenvalue weighted by atomic mass is 16.5. The summed E-state index contributed by atoms with van der Waals surface area (Å²) in [6, 6.07) is 2.01. The smallest absolute Gasteiger partial charge is 0.0607 e. The topological polar surface area (TPSA) is 47.3 Å². The van der Waals surface area contributed by atoms with Crippen LogP contribution in [0.25, 0.3) is 0 Å². The number of hydrogen-bond acceptors (Lipinski definition) is 3. The Hall–Kier alpha value is -0.870. The molecule has 1 aliphatic heterocycles. The van der Waals surface area contributed by atoms with Crippen LogP contribution >= 0.6 is 0 Å². The van der Waals surface area contributed by atoms with Crippen LogP contribution in [0.3, 0.4) is 0 Å². The summed E-state index contributed by atoms with van der Waals surface area (Å²) in [5.41, 5.74) is 1.17. The van der Waals surface area contributed by atoms with Gasteiger partial charge >= 0.3 is 0 Å². The summed E-state index contributed by atoms with van der Waals surface area (Å²) in [5.74, 6) is 0.662. The first-order valence-corrected chi connectivity index (χ1v) is 6.81. The molecule has 0 aliphatic carbocycles. The number of ether oxygens (including phenoxy) is 1. The molecule has 102 valence electrons. The van der Waals surface area contributed by atoms with Crippen LogP contribution in [0.15, 0.2) is 12.3 Å². The molecule has 0 bridgehead atoms. The van der Waals surface area contributed by atoms with Crippen LogP contribution in [-0.4, -0.2) is 33.2 Å². The molecule has 0 saturated carbocycles. The summed E-state index contributed by atoms with van der Waals surface area (Å²) >= 11 is 0. The Morgan fingerprint density at radius 3 is 2.61 bits per heavy atom. The summed E-state index contributed by atoms with van der Waals surface area (Å²) in [4.78, 5) is 0. The lowest BCUT2D eigenvalue weighted by molar-refractivity contribution is 0.0211. The Labute approximate surface area is 109 Å². The number of aromatic nitrogens is 2. The third kappa shape index (κ3) is 2.59. The average Bonchev–Trinajstić information content (AvgIpc) is 2.81. The molecular weight excluding hydrogens is 228 g/mol. The first kappa shape index (κ1) is 13.6. The van der Waals surface area contributed by atoms with E-state index < -0.39 is 0 Å². The second-order valence-corrected chi connectivity index (χ2v) is 5.53. The van der Waals surface area contributed by atoms with E-state index in [4.69, 9.17) is 4.74 Å². The van der Waals surface area contributed by atoms with Crippen molar-refractivity contribution in [1.82, 2.24) is 9.78 Å². The molecule has 18 heavy (non-hydrogen) atoms. The predicted octanol–water partition coefficient (Wildman–Crippen LogP) is 1.77. The van der Waals surface area contributed by atoms with Gasteiger partial charge in [-0.15, -0.1) is 0 Å². The van der Waals surface area contributed by atoms with Gasteiger partial charge in [0.05, 0.1) is 18.3 Å². The van der Waals surface area contributed by atoms with Gasteiger partial charge in [0.15, 0.2) is 0 Å². The van der Waals surface area contributed by atoms with E-state index in [0.29, 0.717) is 5.92 Å². The molecule has 1 N–H and O–H groups in total. The maximum absolute atomic E-state index is 10.4. The van der Waals surface area contributed by atoms with Gasteiger partial charge in [-0.05, 0) is 38.7 Å². The van der Waals surface area contributed by atoms with Gasteiger partial charge in [-0.2, -0.15) is 5.10 Å². The monoisotopic (exact) mass is 252 g/mol. The second-order valence-electron chi connectivity index (χ2n) is 5.53. The third-order valence-electron chi connectivity index (χ3n) is 4.38. The molecule has 0 spiro atoms. The molecule has 4 heteroatoms.